The molecule has 0 bridgehead atoms. The molecule has 0 spiro atoms. The van der Waals surface area contributed by atoms with Gasteiger partial charge in [-0.1, -0.05) is 0 Å². The van der Waals surface area contributed by atoms with E-state index in [9.17, 15) is 0 Å². The Morgan fingerprint density at radius 2 is 2.30 bits per heavy atom. The number of fused-ring (bicyclic) bond motifs is 1. The van der Waals surface area contributed by atoms with E-state index < -0.39 is 0 Å². The average molecular weight is 292 g/mol. The van der Waals surface area contributed by atoms with Crippen LogP contribution in [0.2, 0.25) is 0 Å². The van der Waals surface area contributed by atoms with Crippen LogP contribution in [0.25, 0.3) is 5.65 Å². The molecule has 2 aromatic heterocycles. The predicted molar refractivity (Wildman–Crippen MR) is 84.2 cm³/mol. The Morgan fingerprint density at radius 1 is 1.40 bits per heavy atom. The lowest BCUT2D eigenvalue weighted by atomic mass is 10.2. The normalized spacial score (nSPS) is 20.1. The number of hydrogen-bond donors (Lipinski definition) is 2. The fraction of sp³-hybridized carbons (Fsp3) is 0.538. The second-order valence-corrected chi connectivity index (χ2v) is 6.17. The number of aromatic nitrogens is 3. The molecule has 0 amide bonds. The molecule has 1 saturated heterocycles. The van der Waals surface area contributed by atoms with Crippen LogP contribution < -0.4 is 16.2 Å². The Labute approximate surface area is 122 Å². The Morgan fingerprint density at radius 3 is 3.10 bits per heavy atom. The number of imidazole rings is 1. The summed E-state index contributed by atoms with van der Waals surface area (Å²) in [5.41, 5.74) is 3.53. The van der Waals surface area contributed by atoms with E-state index in [4.69, 9.17) is 5.84 Å². The third kappa shape index (κ3) is 2.55. The molecule has 2 aromatic rings. The summed E-state index contributed by atoms with van der Waals surface area (Å²) < 4.78 is 1.97. The van der Waals surface area contributed by atoms with Gasteiger partial charge >= 0.3 is 0 Å². The summed E-state index contributed by atoms with van der Waals surface area (Å²) in [5.74, 6) is 7.10. The van der Waals surface area contributed by atoms with Crippen molar-refractivity contribution in [2.75, 3.05) is 29.7 Å². The summed E-state index contributed by atoms with van der Waals surface area (Å²) in [4.78, 5) is 11.4. The van der Waals surface area contributed by atoms with Crippen molar-refractivity contribution in [3.05, 3.63) is 18.6 Å². The molecule has 108 valence electrons. The Hall–Kier alpha value is -1.47. The molecule has 0 saturated carbocycles. The van der Waals surface area contributed by atoms with Crippen molar-refractivity contribution in [2.24, 2.45) is 5.84 Å². The second kappa shape index (κ2) is 5.88. The fourth-order valence-corrected chi connectivity index (χ4v) is 3.45. The minimum absolute atomic E-state index is 0.663. The third-order valence-electron chi connectivity index (χ3n) is 3.81. The van der Waals surface area contributed by atoms with Gasteiger partial charge in [-0.15, -0.1) is 0 Å². The van der Waals surface area contributed by atoms with Gasteiger partial charge < -0.3 is 14.7 Å². The molecule has 1 aliphatic heterocycles. The third-order valence-corrected chi connectivity index (χ3v) is 4.95. The standard InChI is InChI=1S/C13H20N6S/c1-20-10-3-2-6-18(7-4-10)13-12-15-5-8-19(12)9-11(16-13)17-14/h5,8-10,17H,2-4,6-7,14H2,1H3. The molecule has 7 heteroatoms. The molecule has 0 aliphatic carbocycles. The quantitative estimate of drug-likeness (QED) is 0.663. The van der Waals surface area contributed by atoms with E-state index in [0.29, 0.717) is 5.82 Å². The fourth-order valence-electron chi connectivity index (χ4n) is 2.71. The summed E-state index contributed by atoms with van der Waals surface area (Å²) in [5, 5.41) is 0.756. The lowest BCUT2D eigenvalue weighted by molar-refractivity contribution is 0.745. The number of rotatable bonds is 3. The number of nitrogens with one attached hydrogen (secondary N) is 1. The van der Waals surface area contributed by atoms with Gasteiger partial charge in [-0.05, 0) is 25.5 Å². The molecule has 1 unspecified atom stereocenters. The zero-order valence-electron chi connectivity index (χ0n) is 11.6. The second-order valence-electron chi connectivity index (χ2n) is 5.03. The van der Waals surface area contributed by atoms with E-state index in [1.807, 2.05) is 28.6 Å². The molecule has 3 heterocycles. The number of thioether (sulfide) groups is 1. The monoisotopic (exact) mass is 292 g/mol. The summed E-state index contributed by atoms with van der Waals surface area (Å²) >= 11 is 1.97. The number of nitrogens with zero attached hydrogens (tertiary/aromatic N) is 4. The Bertz CT molecular complexity index is 583. The molecule has 20 heavy (non-hydrogen) atoms. The minimum Gasteiger partial charge on any atom is -0.353 e. The summed E-state index contributed by atoms with van der Waals surface area (Å²) in [6.07, 6.45) is 11.4. The molecule has 1 aliphatic rings. The van der Waals surface area contributed by atoms with E-state index in [1.165, 1.54) is 19.3 Å². The van der Waals surface area contributed by atoms with Crippen LogP contribution in [-0.4, -0.2) is 39.0 Å². The Balaban J connectivity index is 1.94. The molecular formula is C13H20N6S. The van der Waals surface area contributed by atoms with Crippen LogP contribution in [0.4, 0.5) is 11.6 Å². The van der Waals surface area contributed by atoms with Crippen LogP contribution >= 0.6 is 11.8 Å². The van der Waals surface area contributed by atoms with Crippen molar-refractivity contribution in [1.82, 2.24) is 14.4 Å². The van der Waals surface area contributed by atoms with E-state index in [0.717, 1.165) is 29.8 Å². The van der Waals surface area contributed by atoms with E-state index in [1.54, 1.807) is 6.20 Å². The van der Waals surface area contributed by atoms with Crippen LogP contribution in [0.5, 0.6) is 0 Å². The first kappa shape index (κ1) is 13.5. The van der Waals surface area contributed by atoms with Gasteiger partial charge in [0.15, 0.2) is 17.3 Å². The number of nitrogens with two attached hydrogens (primary N) is 1. The number of nitrogen functional groups attached to an aromatic ring is 1. The van der Waals surface area contributed by atoms with Crippen LogP contribution in [0.15, 0.2) is 18.6 Å². The van der Waals surface area contributed by atoms with Gasteiger partial charge in [0, 0.05) is 30.7 Å². The molecule has 1 atom stereocenters. The van der Waals surface area contributed by atoms with Crippen molar-refractivity contribution in [2.45, 2.75) is 24.5 Å². The highest BCUT2D eigenvalue weighted by atomic mass is 32.2. The Kier molecular flexibility index (Phi) is 3.98. The number of hydrazine groups is 1. The summed E-state index contributed by atoms with van der Waals surface area (Å²) in [7, 11) is 0. The first-order chi connectivity index (χ1) is 9.81. The van der Waals surface area contributed by atoms with E-state index >= 15 is 0 Å². The molecule has 0 aromatic carbocycles. The maximum Gasteiger partial charge on any atom is 0.180 e. The van der Waals surface area contributed by atoms with Crippen LogP contribution in [0.1, 0.15) is 19.3 Å². The average Bonchev–Trinajstić information content (AvgIpc) is 2.82. The summed E-state index contributed by atoms with van der Waals surface area (Å²) in [6.45, 7) is 2.05. The highest BCUT2D eigenvalue weighted by Crippen LogP contribution is 2.26. The van der Waals surface area contributed by atoms with E-state index in [2.05, 4.69) is 26.5 Å². The van der Waals surface area contributed by atoms with Gasteiger partial charge in [-0.25, -0.2) is 15.8 Å². The number of hydrogen-bond acceptors (Lipinski definition) is 6. The SMILES string of the molecule is CSC1CCCN(c2nc(NN)cn3ccnc23)CC1. The summed E-state index contributed by atoms with van der Waals surface area (Å²) in [6, 6.07) is 0. The first-order valence-corrected chi connectivity index (χ1v) is 8.18. The largest absolute Gasteiger partial charge is 0.353 e. The molecule has 3 N–H and O–H groups in total. The van der Waals surface area contributed by atoms with Crippen molar-refractivity contribution in [1.29, 1.82) is 0 Å². The van der Waals surface area contributed by atoms with Gasteiger partial charge in [-0.2, -0.15) is 11.8 Å². The molecular weight excluding hydrogens is 272 g/mol. The van der Waals surface area contributed by atoms with Gasteiger partial charge in [0.1, 0.15) is 0 Å². The van der Waals surface area contributed by atoms with Crippen LogP contribution in [0.3, 0.4) is 0 Å². The van der Waals surface area contributed by atoms with Crippen molar-refractivity contribution < 1.29 is 0 Å². The maximum absolute atomic E-state index is 5.51. The van der Waals surface area contributed by atoms with Crippen molar-refractivity contribution >= 4 is 29.0 Å². The van der Waals surface area contributed by atoms with E-state index in [-0.39, 0.29) is 0 Å². The highest BCUT2D eigenvalue weighted by Gasteiger charge is 2.20. The van der Waals surface area contributed by atoms with Crippen molar-refractivity contribution in [3.8, 4) is 0 Å². The minimum atomic E-state index is 0.663. The van der Waals surface area contributed by atoms with Gasteiger partial charge in [0.05, 0.1) is 6.20 Å². The topological polar surface area (TPSA) is 71.5 Å². The van der Waals surface area contributed by atoms with Crippen molar-refractivity contribution in [3.63, 3.8) is 0 Å². The highest BCUT2D eigenvalue weighted by molar-refractivity contribution is 7.99. The van der Waals surface area contributed by atoms with Gasteiger partial charge in [0.25, 0.3) is 0 Å². The van der Waals surface area contributed by atoms with Crippen LogP contribution in [-0.2, 0) is 0 Å². The molecule has 3 rings (SSSR count). The van der Waals surface area contributed by atoms with Crippen LogP contribution in [0, 0.1) is 0 Å². The maximum atomic E-state index is 5.51. The predicted octanol–water partition coefficient (Wildman–Crippen LogP) is 1.74. The molecule has 1 fully saturated rings. The molecule has 0 radical (unpaired) electrons. The zero-order chi connectivity index (χ0) is 13.9. The van der Waals surface area contributed by atoms with Gasteiger partial charge in [-0.3, -0.25) is 0 Å². The first-order valence-electron chi connectivity index (χ1n) is 6.90. The lowest BCUT2D eigenvalue weighted by Crippen LogP contribution is -2.26. The smallest absolute Gasteiger partial charge is 0.180 e. The number of anilines is 2. The van der Waals surface area contributed by atoms with Gasteiger partial charge in [0.2, 0.25) is 0 Å². The molecule has 6 nitrogen and oxygen atoms in total. The zero-order valence-corrected chi connectivity index (χ0v) is 12.4. The lowest BCUT2D eigenvalue weighted by Gasteiger charge is -2.22.